The SMILES string of the molecule is Cc1cnc(Cl)nc1Cc1cc(Cl)cc(CS(=O)(=O)C(C)(C)C)c1. The summed E-state index contributed by atoms with van der Waals surface area (Å²) in [6, 6.07) is 5.35. The Kier molecular flexibility index (Phi) is 5.57. The van der Waals surface area contributed by atoms with Crippen molar-refractivity contribution < 1.29 is 8.42 Å². The van der Waals surface area contributed by atoms with Gasteiger partial charge in [-0.2, -0.15) is 0 Å². The lowest BCUT2D eigenvalue weighted by Crippen LogP contribution is -2.29. The van der Waals surface area contributed by atoms with Crippen LogP contribution in [0.25, 0.3) is 0 Å². The first-order valence-corrected chi connectivity index (χ1v) is 9.87. The average molecular weight is 387 g/mol. The van der Waals surface area contributed by atoms with Crippen LogP contribution in [0.2, 0.25) is 10.3 Å². The van der Waals surface area contributed by atoms with E-state index >= 15 is 0 Å². The molecule has 2 rings (SSSR count). The summed E-state index contributed by atoms with van der Waals surface area (Å²) < 4.78 is 24.0. The molecule has 130 valence electrons. The fraction of sp³-hybridized carbons (Fsp3) is 0.412. The van der Waals surface area contributed by atoms with Gasteiger partial charge in [0.05, 0.1) is 16.2 Å². The summed E-state index contributed by atoms with van der Waals surface area (Å²) in [6.45, 7) is 6.99. The molecule has 0 saturated carbocycles. The van der Waals surface area contributed by atoms with Gasteiger partial charge in [0.1, 0.15) is 0 Å². The van der Waals surface area contributed by atoms with Gasteiger partial charge >= 0.3 is 0 Å². The minimum Gasteiger partial charge on any atom is -0.228 e. The average Bonchev–Trinajstić information content (AvgIpc) is 2.40. The summed E-state index contributed by atoms with van der Waals surface area (Å²) in [5.74, 6) is -0.0480. The van der Waals surface area contributed by atoms with Crippen molar-refractivity contribution in [3.63, 3.8) is 0 Å². The van der Waals surface area contributed by atoms with Gasteiger partial charge in [-0.25, -0.2) is 18.4 Å². The van der Waals surface area contributed by atoms with Gasteiger partial charge in [-0.1, -0.05) is 17.7 Å². The fourth-order valence-corrected chi connectivity index (χ4v) is 3.63. The normalized spacial score (nSPS) is 12.4. The second-order valence-corrected chi connectivity index (χ2v) is 10.3. The Morgan fingerprint density at radius 3 is 2.33 bits per heavy atom. The molecule has 0 bridgehead atoms. The topological polar surface area (TPSA) is 59.9 Å². The zero-order valence-electron chi connectivity index (χ0n) is 14.1. The zero-order chi connectivity index (χ0) is 18.1. The predicted molar refractivity (Wildman–Crippen MR) is 98.4 cm³/mol. The number of benzene rings is 1. The van der Waals surface area contributed by atoms with Crippen molar-refractivity contribution in [2.24, 2.45) is 0 Å². The lowest BCUT2D eigenvalue weighted by atomic mass is 10.0. The zero-order valence-corrected chi connectivity index (χ0v) is 16.4. The van der Waals surface area contributed by atoms with E-state index in [0.717, 1.165) is 16.8 Å². The molecule has 0 N–H and O–H groups in total. The van der Waals surface area contributed by atoms with E-state index < -0.39 is 14.6 Å². The van der Waals surface area contributed by atoms with Gasteiger partial charge in [0, 0.05) is 17.6 Å². The van der Waals surface area contributed by atoms with Gasteiger partial charge in [-0.3, -0.25) is 0 Å². The second kappa shape index (κ2) is 6.98. The van der Waals surface area contributed by atoms with Crippen LogP contribution in [-0.4, -0.2) is 23.1 Å². The molecule has 24 heavy (non-hydrogen) atoms. The first-order chi connectivity index (χ1) is 11.0. The minimum atomic E-state index is -3.28. The van der Waals surface area contributed by atoms with Gasteiger partial charge in [0.2, 0.25) is 5.28 Å². The lowest BCUT2D eigenvalue weighted by molar-refractivity contribution is 0.559. The fourth-order valence-electron chi connectivity index (χ4n) is 2.16. The molecule has 4 nitrogen and oxygen atoms in total. The Labute approximate surface area is 153 Å². The molecule has 7 heteroatoms. The van der Waals surface area contributed by atoms with Crippen molar-refractivity contribution in [1.82, 2.24) is 9.97 Å². The van der Waals surface area contributed by atoms with Crippen LogP contribution in [0.5, 0.6) is 0 Å². The van der Waals surface area contributed by atoms with Crippen LogP contribution >= 0.6 is 23.2 Å². The summed E-state index contributed by atoms with van der Waals surface area (Å²) in [5.41, 5.74) is 3.27. The maximum Gasteiger partial charge on any atom is 0.222 e. The van der Waals surface area contributed by atoms with E-state index in [9.17, 15) is 8.42 Å². The molecule has 0 radical (unpaired) electrons. The van der Waals surface area contributed by atoms with E-state index in [1.807, 2.05) is 19.1 Å². The van der Waals surface area contributed by atoms with Crippen molar-refractivity contribution in [2.75, 3.05) is 0 Å². The summed E-state index contributed by atoms with van der Waals surface area (Å²) in [7, 11) is -3.28. The quantitative estimate of drug-likeness (QED) is 0.730. The van der Waals surface area contributed by atoms with Crippen molar-refractivity contribution in [3.05, 3.63) is 57.1 Å². The smallest absolute Gasteiger partial charge is 0.222 e. The van der Waals surface area contributed by atoms with Crippen LogP contribution in [0.4, 0.5) is 0 Å². The molecular formula is C17H20Cl2N2O2S. The van der Waals surface area contributed by atoms with Crippen molar-refractivity contribution in [3.8, 4) is 0 Å². The van der Waals surface area contributed by atoms with E-state index in [4.69, 9.17) is 23.2 Å². The summed E-state index contributed by atoms with van der Waals surface area (Å²) in [5, 5.41) is 0.692. The van der Waals surface area contributed by atoms with Crippen molar-refractivity contribution in [2.45, 2.75) is 44.6 Å². The van der Waals surface area contributed by atoms with Crippen LogP contribution in [0.1, 0.15) is 43.2 Å². The third-order valence-electron chi connectivity index (χ3n) is 3.73. The monoisotopic (exact) mass is 386 g/mol. The van der Waals surface area contributed by atoms with E-state index in [0.29, 0.717) is 17.0 Å². The van der Waals surface area contributed by atoms with Crippen LogP contribution in [0, 0.1) is 6.92 Å². The first kappa shape index (κ1) is 19.2. The molecule has 1 heterocycles. The number of hydrogen-bond donors (Lipinski definition) is 0. The molecule has 0 amide bonds. The standard InChI is InChI=1S/C17H20Cl2N2O2S/c1-11-9-20-16(19)21-15(11)8-12-5-13(7-14(18)6-12)10-24(22,23)17(2,3)4/h5-7,9H,8,10H2,1-4H3. The number of hydrogen-bond acceptors (Lipinski definition) is 4. The van der Waals surface area contributed by atoms with E-state index in [1.54, 1.807) is 33.0 Å². The highest BCUT2D eigenvalue weighted by Gasteiger charge is 2.29. The number of aromatic nitrogens is 2. The predicted octanol–water partition coefficient (Wildman–Crippen LogP) is 4.40. The Bertz CT molecular complexity index is 859. The van der Waals surface area contributed by atoms with E-state index in [2.05, 4.69) is 9.97 Å². The molecule has 0 fully saturated rings. The Balaban J connectivity index is 2.34. The molecule has 0 atom stereocenters. The molecule has 0 unspecified atom stereocenters. The van der Waals surface area contributed by atoms with E-state index in [1.165, 1.54) is 0 Å². The molecule has 0 aliphatic carbocycles. The highest BCUT2D eigenvalue weighted by Crippen LogP contribution is 2.24. The van der Waals surface area contributed by atoms with Gasteiger partial charge in [0.25, 0.3) is 0 Å². The third kappa shape index (κ3) is 4.68. The maximum absolute atomic E-state index is 12.4. The molecule has 0 saturated heterocycles. The lowest BCUT2D eigenvalue weighted by Gasteiger charge is -2.19. The molecular weight excluding hydrogens is 367 g/mol. The van der Waals surface area contributed by atoms with E-state index in [-0.39, 0.29) is 11.0 Å². The maximum atomic E-state index is 12.4. The third-order valence-corrected chi connectivity index (χ3v) is 6.71. The summed E-state index contributed by atoms with van der Waals surface area (Å²) in [6.07, 6.45) is 2.18. The molecule has 1 aromatic heterocycles. The Morgan fingerprint density at radius 1 is 1.08 bits per heavy atom. The summed E-state index contributed by atoms with van der Waals surface area (Å²) >= 11 is 12.0. The minimum absolute atomic E-state index is 0.0480. The van der Waals surface area contributed by atoms with Crippen LogP contribution in [-0.2, 0) is 22.0 Å². The molecule has 2 aromatic rings. The highest BCUT2D eigenvalue weighted by atomic mass is 35.5. The van der Waals surface area contributed by atoms with Gasteiger partial charge < -0.3 is 0 Å². The molecule has 0 aliphatic heterocycles. The number of nitrogens with zero attached hydrogens (tertiary/aromatic N) is 2. The van der Waals surface area contributed by atoms with Crippen LogP contribution in [0.3, 0.4) is 0 Å². The molecule has 1 aromatic carbocycles. The van der Waals surface area contributed by atoms with Gasteiger partial charge in [-0.05, 0) is 68.1 Å². The van der Waals surface area contributed by atoms with Gasteiger partial charge in [-0.15, -0.1) is 0 Å². The Hall–Kier alpha value is -1.17. The number of rotatable bonds is 4. The first-order valence-electron chi connectivity index (χ1n) is 7.46. The largest absolute Gasteiger partial charge is 0.228 e. The van der Waals surface area contributed by atoms with Crippen LogP contribution < -0.4 is 0 Å². The Morgan fingerprint density at radius 2 is 1.71 bits per heavy atom. The molecule has 0 aliphatic rings. The highest BCUT2D eigenvalue weighted by molar-refractivity contribution is 7.91. The van der Waals surface area contributed by atoms with Gasteiger partial charge in [0.15, 0.2) is 9.84 Å². The van der Waals surface area contributed by atoms with Crippen molar-refractivity contribution >= 4 is 33.0 Å². The second-order valence-electron chi connectivity index (χ2n) is 6.78. The molecule has 0 spiro atoms. The van der Waals surface area contributed by atoms with Crippen molar-refractivity contribution in [1.29, 1.82) is 0 Å². The number of halogens is 2. The van der Waals surface area contributed by atoms with Crippen LogP contribution in [0.15, 0.2) is 24.4 Å². The number of sulfone groups is 1. The summed E-state index contributed by atoms with van der Waals surface area (Å²) in [4.78, 5) is 8.17. The number of aryl methyl sites for hydroxylation is 1.